The molecule has 0 aliphatic heterocycles. The van der Waals surface area contributed by atoms with Gasteiger partial charge in [-0.3, -0.25) is 14.3 Å². The van der Waals surface area contributed by atoms with Crippen LogP contribution in [0.2, 0.25) is 0 Å². The number of anilines is 1. The van der Waals surface area contributed by atoms with E-state index in [0.717, 1.165) is 4.47 Å². The number of aromatic nitrogens is 2. The third kappa shape index (κ3) is 5.51. The maximum absolute atomic E-state index is 13.2. The highest BCUT2D eigenvalue weighted by atomic mass is 79.9. The second-order valence-electron chi connectivity index (χ2n) is 8.23. The Balaban J connectivity index is 1.61. The molecule has 4 rings (SSSR count). The van der Waals surface area contributed by atoms with Crippen LogP contribution < -0.4 is 15.6 Å². The Morgan fingerprint density at radius 3 is 2.14 bits per heavy atom. The molecule has 0 fully saturated rings. The van der Waals surface area contributed by atoms with Gasteiger partial charge in [0, 0.05) is 17.9 Å². The molecule has 36 heavy (non-hydrogen) atoms. The molecule has 4 aromatic rings. The number of halogens is 1. The first-order valence-electron chi connectivity index (χ1n) is 11.1. The van der Waals surface area contributed by atoms with Crippen molar-refractivity contribution in [2.24, 2.45) is 7.05 Å². The van der Waals surface area contributed by atoms with Crippen LogP contribution in [0.4, 0.5) is 5.69 Å². The molecule has 1 atom stereocenters. The minimum atomic E-state index is -3.92. The molecule has 186 valence electrons. The van der Waals surface area contributed by atoms with E-state index in [1.165, 1.54) is 16.8 Å². The molecule has 0 bridgehead atoms. The summed E-state index contributed by atoms with van der Waals surface area (Å²) in [6.45, 7) is 1.74. The lowest BCUT2D eigenvalue weighted by molar-refractivity contribution is -0.116. The molecule has 2 N–H and O–H groups in total. The van der Waals surface area contributed by atoms with E-state index >= 15 is 0 Å². The molecule has 0 spiro atoms. The monoisotopic (exact) mass is 568 g/mol. The number of amides is 1. The lowest BCUT2D eigenvalue weighted by Gasteiger charge is -2.19. The average Bonchev–Trinajstić information content (AvgIpc) is 3.07. The number of rotatable bonds is 8. The molecule has 1 amide bonds. The van der Waals surface area contributed by atoms with E-state index in [4.69, 9.17) is 0 Å². The standard InChI is InChI=1S/C26H25BrN4O4S/c1-18-25(26(33)31(30(18)2)21-11-7-4-8-12-21)28-24(32)17-23(19-9-5-3-6-10-19)29-36(34,35)22-15-13-20(27)14-16-22/h3-16,23,29H,17H2,1-2H3,(H,28,32). The zero-order valence-corrected chi connectivity index (χ0v) is 22.1. The minimum absolute atomic E-state index is 0.0803. The maximum Gasteiger partial charge on any atom is 0.295 e. The highest BCUT2D eigenvalue weighted by molar-refractivity contribution is 9.10. The SMILES string of the molecule is Cc1c(NC(=O)CC(NS(=O)(=O)c2ccc(Br)cc2)c2ccccc2)c(=O)n(-c2ccccc2)n1C. The average molecular weight is 569 g/mol. The fraction of sp³-hybridized carbons (Fsp3) is 0.154. The number of carbonyl (C=O) groups is 1. The van der Waals surface area contributed by atoms with Gasteiger partial charge in [-0.15, -0.1) is 0 Å². The molecular formula is C26H25BrN4O4S. The summed E-state index contributed by atoms with van der Waals surface area (Å²) in [5, 5.41) is 2.71. The van der Waals surface area contributed by atoms with Crippen molar-refractivity contribution in [3.05, 3.63) is 111 Å². The van der Waals surface area contributed by atoms with Crippen LogP contribution in [0.15, 0.2) is 99.1 Å². The van der Waals surface area contributed by atoms with Gasteiger partial charge in [-0.2, -0.15) is 0 Å². The summed E-state index contributed by atoms with van der Waals surface area (Å²) < 4.78 is 32.7. The van der Waals surface area contributed by atoms with E-state index in [1.807, 2.05) is 24.3 Å². The van der Waals surface area contributed by atoms with Crippen molar-refractivity contribution in [2.45, 2.75) is 24.3 Å². The third-order valence-electron chi connectivity index (χ3n) is 5.83. The molecule has 8 nitrogen and oxygen atoms in total. The number of carbonyl (C=O) groups excluding carboxylic acids is 1. The fourth-order valence-electron chi connectivity index (χ4n) is 3.87. The first-order chi connectivity index (χ1) is 17.2. The molecule has 0 aliphatic rings. The first-order valence-corrected chi connectivity index (χ1v) is 13.4. The number of nitrogens with one attached hydrogen (secondary N) is 2. The summed E-state index contributed by atoms with van der Waals surface area (Å²) in [5.41, 5.74) is 1.64. The van der Waals surface area contributed by atoms with Crippen molar-refractivity contribution in [3.8, 4) is 5.69 Å². The van der Waals surface area contributed by atoms with Crippen LogP contribution in [0.3, 0.4) is 0 Å². The van der Waals surface area contributed by atoms with Crippen molar-refractivity contribution in [1.82, 2.24) is 14.1 Å². The van der Waals surface area contributed by atoms with Crippen LogP contribution in [0.1, 0.15) is 23.7 Å². The Labute approximate surface area is 217 Å². The summed E-state index contributed by atoms with van der Waals surface area (Å²) in [6.07, 6.45) is -0.209. The van der Waals surface area contributed by atoms with Gasteiger partial charge in [0.2, 0.25) is 15.9 Å². The van der Waals surface area contributed by atoms with Gasteiger partial charge in [-0.05, 0) is 48.9 Å². The Hall–Kier alpha value is -3.47. The van der Waals surface area contributed by atoms with Crippen molar-refractivity contribution < 1.29 is 13.2 Å². The molecular weight excluding hydrogens is 544 g/mol. The number of nitrogens with zero attached hydrogens (tertiary/aromatic N) is 2. The van der Waals surface area contributed by atoms with Gasteiger partial charge in [0.05, 0.1) is 22.3 Å². The number of hydrogen-bond acceptors (Lipinski definition) is 4. The number of hydrogen-bond donors (Lipinski definition) is 2. The molecule has 0 saturated carbocycles. The molecule has 0 radical (unpaired) electrons. The van der Waals surface area contributed by atoms with Gasteiger partial charge in [-0.25, -0.2) is 17.8 Å². The highest BCUT2D eigenvalue weighted by Gasteiger charge is 2.25. The molecule has 3 aromatic carbocycles. The van der Waals surface area contributed by atoms with Gasteiger partial charge < -0.3 is 5.32 Å². The van der Waals surface area contributed by atoms with Crippen LogP contribution in [-0.2, 0) is 21.9 Å². The van der Waals surface area contributed by atoms with E-state index in [1.54, 1.807) is 67.2 Å². The second kappa shape index (κ2) is 10.7. The summed E-state index contributed by atoms with van der Waals surface area (Å²) >= 11 is 3.30. The van der Waals surface area contributed by atoms with Crippen LogP contribution in [0.25, 0.3) is 5.69 Å². The normalized spacial score (nSPS) is 12.3. The third-order valence-corrected chi connectivity index (χ3v) is 7.85. The predicted molar refractivity (Wildman–Crippen MR) is 143 cm³/mol. The van der Waals surface area contributed by atoms with E-state index in [-0.39, 0.29) is 22.6 Å². The van der Waals surface area contributed by atoms with Gasteiger partial charge in [0.15, 0.2) is 0 Å². The Morgan fingerprint density at radius 1 is 0.944 bits per heavy atom. The largest absolute Gasteiger partial charge is 0.320 e. The minimum Gasteiger partial charge on any atom is -0.320 e. The molecule has 0 saturated heterocycles. The number of sulfonamides is 1. The van der Waals surface area contributed by atoms with Crippen LogP contribution in [-0.4, -0.2) is 23.7 Å². The molecule has 1 heterocycles. The lowest BCUT2D eigenvalue weighted by atomic mass is 10.0. The van der Waals surface area contributed by atoms with E-state index in [9.17, 15) is 18.0 Å². The van der Waals surface area contributed by atoms with Gasteiger partial charge in [-0.1, -0.05) is 64.5 Å². The zero-order chi connectivity index (χ0) is 25.9. The van der Waals surface area contributed by atoms with Crippen LogP contribution in [0.5, 0.6) is 0 Å². The van der Waals surface area contributed by atoms with Gasteiger partial charge in [0.25, 0.3) is 5.56 Å². The number of benzene rings is 3. The molecule has 1 unspecified atom stereocenters. The maximum atomic E-state index is 13.2. The lowest BCUT2D eigenvalue weighted by Crippen LogP contribution is -2.32. The fourth-order valence-corrected chi connectivity index (χ4v) is 5.36. The summed E-state index contributed by atoms with van der Waals surface area (Å²) in [5.74, 6) is -0.492. The highest BCUT2D eigenvalue weighted by Crippen LogP contribution is 2.23. The van der Waals surface area contributed by atoms with Gasteiger partial charge >= 0.3 is 0 Å². The van der Waals surface area contributed by atoms with Crippen molar-refractivity contribution in [1.29, 1.82) is 0 Å². The van der Waals surface area contributed by atoms with Crippen molar-refractivity contribution >= 4 is 37.5 Å². The smallest absolute Gasteiger partial charge is 0.295 e. The summed E-state index contributed by atoms with van der Waals surface area (Å²) in [7, 11) is -2.18. The quantitative estimate of drug-likeness (QED) is 0.331. The predicted octanol–water partition coefficient (Wildman–Crippen LogP) is 4.30. The molecule has 0 aliphatic carbocycles. The Kier molecular flexibility index (Phi) is 7.58. The van der Waals surface area contributed by atoms with Crippen LogP contribution >= 0.6 is 15.9 Å². The molecule has 10 heteroatoms. The van der Waals surface area contributed by atoms with E-state index < -0.39 is 22.0 Å². The van der Waals surface area contributed by atoms with E-state index in [0.29, 0.717) is 16.9 Å². The Morgan fingerprint density at radius 2 is 1.53 bits per heavy atom. The topological polar surface area (TPSA) is 102 Å². The zero-order valence-electron chi connectivity index (χ0n) is 19.7. The Bertz CT molecular complexity index is 1530. The number of para-hydroxylation sites is 1. The molecule has 1 aromatic heterocycles. The second-order valence-corrected chi connectivity index (χ2v) is 10.9. The summed E-state index contributed by atoms with van der Waals surface area (Å²) in [6, 6.07) is 23.3. The first kappa shape index (κ1) is 25.6. The van der Waals surface area contributed by atoms with Crippen molar-refractivity contribution in [3.63, 3.8) is 0 Å². The van der Waals surface area contributed by atoms with E-state index in [2.05, 4.69) is 26.0 Å². The van der Waals surface area contributed by atoms with Gasteiger partial charge in [0.1, 0.15) is 5.69 Å². The van der Waals surface area contributed by atoms with Crippen LogP contribution in [0, 0.1) is 6.92 Å². The van der Waals surface area contributed by atoms with Crippen molar-refractivity contribution in [2.75, 3.05) is 5.32 Å². The summed E-state index contributed by atoms with van der Waals surface area (Å²) in [4.78, 5) is 26.4.